The van der Waals surface area contributed by atoms with Gasteiger partial charge in [-0.1, -0.05) is 0 Å². The molecule has 1 aromatic heterocycles. The smallest absolute Gasteiger partial charge is 0.343 e. The van der Waals surface area contributed by atoms with E-state index in [2.05, 4.69) is 14.5 Å². The summed E-state index contributed by atoms with van der Waals surface area (Å²) in [5.74, 6) is -2.73. The fourth-order valence-electron chi connectivity index (χ4n) is 1.14. The number of hydrogen-bond donors (Lipinski definition) is 0. The molecule has 7 heteroatoms. The molecule has 0 saturated heterocycles. The van der Waals surface area contributed by atoms with Crippen LogP contribution in [0.15, 0.2) is 6.07 Å². The first kappa shape index (κ1) is 12.3. The lowest BCUT2D eigenvalue weighted by Crippen LogP contribution is -2.11. The second-order valence-electron chi connectivity index (χ2n) is 2.71. The standard InChI is InChI=1S/C9H8F3NO3/c1-15-8-6(9(14)16-2)4(7(11)12)3-5(10)13-8/h3,7H,1-2H3. The molecular formula is C9H8F3NO3. The van der Waals surface area contributed by atoms with Crippen molar-refractivity contribution in [2.24, 2.45) is 0 Å². The number of hydrogen-bond acceptors (Lipinski definition) is 4. The van der Waals surface area contributed by atoms with Gasteiger partial charge in [-0.05, 0) is 0 Å². The van der Waals surface area contributed by atoms with Gasteiger partial charge < -0.3 is 9.47 Å². The Morgan fingerprint density at radius 1 is 1.44 bits per heavy atom. The van der Waals surface area contributed by atoms with Gasteiger partial charge in [-0.15, -0.1) is 0 Å². The predicted molar refractivity (Wildman–Crippen MR) is 47.0 cm³/mol. The molecule has 0 bridgehead atoms. The Morgan fingerprint density at radius 3 is 2.50 bits per heavy atom. The molecule has 0 aromatic carbocycles. The van der Waals surface area contributed by atoms with Crippen molar-refractivity contribution >= 4 is 5.97 Å². The number of halogens is 3. The van der Waals surface area contributed by atoms with Crippen LogP contribution in [0.1, 0.15) is 22.3 Å². The molecule has 0 aliphatic rings. The molecule has 0 aliphatic heterocycles. The van der Waals surface area contributed by atoms with Crippen LogP contribution in [0.3, 0.4) is 0 Å². The lowest BCUT2D eigenvalue weighted by molar-refractivity contribution is 0.0583. The number of methoxy groups -OCH3 is 2. The quantitative estimate of drug-likeness (QED) is 0.593. The van der Waals surface area contributed by atoms with Gasteiger partial charge in [-0.3, -0.25) is 0 Å². The van der Waals surface area contributed by atoms with Gasteiger partial charge in [-0.2, -0.15) is 9.37 Å². The number of carbonyl (C=O) groups excluding carboxylic acids is 1. The highest BCUT2D eigenvalue weighted by atomic mass is 19.3. The van der Waals surface area contributed by atoms with Gasteiger partial charge in [-0.25, -0.2) is 13.6 Å². The maximum Gasteiger partial charge on any atom is 0.343 e. The zero-order valence-electron chi connectivity index (χ0n) is 8.46. The molecule has 0 aliphatic carbocycles. The van der Waals surface area contributed by atoms with Crippen LogP contribution in [-0.2, 0) is 4.74 Å². The SMILES string of the molecule is COC(=O)c1c(C(F)F)cc(F)nc1OC. The van der Waals surface area contributed by atoms with E-state index in [1.54, 1.807) is 0 Å². The van der Waals surface area contributed by atoms with Gasteiger partial charge in [0.15, 0.2) is 0 Å². The molecule has 0 spiro atoms. The number of nitrogens with zero attached hydrogens (tertiary/aromatic N) is 1. The van der Waals surface area contributed by atoms with Gasteiger partial charge in [0.1, 0.15) is 5.56 Å². The number of alkyl halides is 2. The topological polar surface area (TPSA) is 48.4 Å². The van der Waals surface area contributed by atoms with E-state index in [0.717, 1.165) is 14.2 Å². The highest BCUT2D eigenvalue weighted by Crippen LogP contribution is 2.29. The lowest BCUT2D eigenvalue weighted by atomic mass is 10.1. The van der Waals surface area contributed by atoms with Crippen LogP contribution in [-0.4, -0.2) is 25.2 Å². The summed E-state index contributed by atoms with van der Waals surface area (Å²) in [7, 11) is 2.10. The first-order valence-electron chi connectivity index (χ1n) is 4.12. The molecule has 0 amide bonds. The highest BCUT2D eigenvalue weighted by molar-refractivity contribution is 5.93. The lowest BCUT2D eigenvalue weighted by Gasteiger charge is -2.10. The first-order valence-corrected chi connectivity index (χ1v) is 4.12. The molecule has 1 rings (SSSR count). The fourth-order valence-corrected chi connectivity index (χ4v) is 1.14. The van der Waals surface area contributed by atoms with Crippen molar-refractivity contribution in [1.82, 2.24) is 4.98 Å². The Labute approximate surface area is 89.0 Å². The third kappa shape index (κ3) is 2.23. The van der Waals surface area contributed by atoms with Crippen molar-refractivity contribution in [2.75, 3.05) is 14.2 Å². The van der Waals surface area contributed by atoms with Crippen LogP contribution < -0.4 is 4.74 Å². The van der Waals surface area contributed by atoms with Crippen molar-refractivity contribution in [1.29, 1.82) is 0 Å². The van der Waals surface area contributed by atoms with E-state index < -0.39 is 35.3 Å². The van der Waals surface area contributed by atoms with Crippen LogP contribution >= 0.6 is 0 Å². The molecule has 16 heavy (non-hydrogen) atoms. The van der Waals surface area contributed by atoms with Crippen molar-refractivity contribution in [3.8, 4) is 5.88 Å². The monoisotopic (exact) mass is 235 g/mol. The van der Waals surface area contributed by atoms with Crippen molar-refractivity contribution in [3.05, 3.63) is 23.1 Å². The minimum Gasteiger partial charge on any atom is -0.480 e. The number of aromatic nitrogens is 1. The van der Waals surface area contributed by atoms with E-state index in [-0.39, 0.29) is 0 Å². The van der Waals surface area contributed by atoms with E-state index in [4.69, 9.17) is 0 Å². The average molecular weight is 235 g/mol. The van der Waals surface area contributed by atoms with Gasteiger partial charge in [0, 0.05) is 11.6 Å². The molecule has 1 heterocycles. The van der Waals surface area contributed by atoms with Crippen LogP contribution in [0, 0.1) is 5.95 Å². The van der Waals surface area contributed by atoms with Gasteiger partial charge >= 0.3 is 5.97 Å². The molecule has 0 unspecified atom stereocenters. The summed E-state index contributed by atoms with van der Waals surface area (Å²) in [6.07, 6.45) is -3.03. The third-order valence-electron chi connectivity index (χ3n) is 1.80. The summed E-state index contributed by atoms with van der Waals surface area (Å²) >= 11 is 0. The van der Waals surface area contributed by atoms with Crippen molar-refractivity contribution in [3.63, 3.8) is 0 Å². The summed E-state index contributed by atoms with van der Waals surface area (Å²) in [5.41, 5.74) is -1.38. The Kier molecular flexibility index (Phi) is 3.70. The predicted octanol–water partition coefficient (Wildman–Crippen LogP) is 1.95. The summed E-state index contributed by atoms with van der Waals surface area (Å²) < 4.78 is 46.8. The first-order chi connectivity index (χ1) is 7.51. The fraction of sp³-hybridized carbons (Fsp3) is 0.333. The zero-order chi connectivity index (χ0) is 12.3. The molecule has 4 nitrogen and oxygen atoms in total. The van der Waals surface area contributed by atoms with Gasteiger partial charge in [0.05, 0.1) is 14.2 Å². The summed E-state index contributed by atoms with van der Waals surface area (Å²) in [5, 5.41) is 0. The Bertz CT molecular complexity index is 409. The van der Waals surface area contributed by atoms with Gasteiger partial charge in [0.25, 0.3) is 6.43 Å². The second kappa shape index (κ2) is 4.82. The average Bonchev–Trinajstić information content (AvgIpc) is 2.26. The molecule has 0 fully saturated rings. The molecule has 0 radical (unpaired) electrons. The number of carbonyl (C=O) groups is 1. The number of esters is 1. The van der Waals surface area contributed by atoms with Gasteiger partial charge in [0.2, 0.25) is 11.8 Å². The zero-order valence-corrected chi connectivity index (χ0v) is 8.46. The van der Waals surface area contributed by atoms with E-state index >= 15 is 0 Å². The molecule has 0 atom stereocenters. The minimum absolute atomic E-state index is 0.472. The van der Waals surface area contributed by atoms with E-state index in [0.29, 0.717) is 6.07 Å². The Hall–Kier alpha value is -1.79. The Balaban J connectivity index is 3.45. The minimum atomic E-state index is -3.03. The largest absolute Gasteiger partial charge is 0.480 e. The normalized spacial score (nSPS) is 10.4. The molecular weight excluding hydrogens is 227 g/mol. The second-order valence-corrected chi connectivity index (χ2v) is 2.71. The van der Waals surface area contributed by atoms with E-state index in [1.807, 2.05) is 0 Å². The summed E-state index contributed by atoms with van der Waals surface area (Å²) in [6.45, 7) is 0. The highest BCUT2D eigenvalue weighted by Gasteiger charge is 2.26. The van der Waals surface area contributed by atoms with Crippen LogP contribution in [0.4, 0.5) is 13.2 Å². The summed E-state index contributed by atoms with van der Waals surface area (Å²) in [6, 6.07) is 0.472. The maximum absolute atomic E-state index is 12.8. The van der Waals surface area contributed by atoms with Crippen LogP contribution in [0.2, 0.25) is 0 Å². The Morgan fingerprint density at radius 2 is 2.06 bits per heavy atom. The molecule has 0 N–H and O–H groups in total. The number of ether oxygens (including phenoxy) is 2. The van der Waals surface area contributed by atoms with Crippen LogP contribution in [0.25, 0.3) is 0 Å². The molecule has 0 saturated carbocycles. The van der Waals surface area contributed by atoms with Crippen molar-refractivity contribution in [2.45, 2.75) is 6.43 Å². The van der Waals surface area contributed by atoms with Crippen molar-refractivity contribution < 1.29 is 27.4 Å². The van der Waals surface area contributed by atoms with E-state index in [9.17, 15) is 18.0 Å². The van der Waals surface area contributed by atoms with E-state index in [1.165, 1.54) is 0 Å². The molecule has 88 valence electrons. The number of rotatable bonds is 3. The van der Waals surface area contributed by atoms with Crippen LogP contribution in [0.5, 0.6) is 5.88 Å². The number of pyridine rings is 1. The summed E-state index contributed by atoms with van der Waals surface area (Å²) in [4.78, 5) is 14.4. The maximum atomic E-state index is 12.8. The third-order valence-corrected chi connectivity index (χ3v) is 1.80. The molecule has 1 aromatic rings.